The van der Waals surface area contributed by atoms with Gasteiger partial charge in [0.1, 0.15) is 13.2 Å². The summed E-state index contributed by atoms with van der Waals surface area (Å²) in [6.45, 7) is 6.33. The molecule has 0 aromatic carbocycles. The van der Waals surface area contributed by atoms with Crippen LogP contribution in [-0.4, -0.2) is 37.2 Å². The molecule has 6 nitrogen and oxygen atoms in total. The van der Waals surface area contributed by atoms with Gasteiger partial charge in [-0.3, -0.25) is 14.4 Å². The van der Waals surface area contributed by atoms with Crippen LogP contribution < -0.4 is 0 Å². The number of rotatable bonds is 56. The van der Waals surface area contributed by atoms with E-state index in [9.17, 15) is 14.4 Å². The summed E-state index contributed by atoms with van der Waals surface area (Å²) in [7, 11) is 0. The molecular formula is C74H116O6. The molecule has 0 aliphatic carbocycles. The Balaban J connectivity index is 4.44. The smallest absolute Gasteiger partial charge is 0.306 e. The summed E-state index contributed by atoms with van der Waals surface area (Å²) in [6.07, 6.45) is 97.9. The number of esters is 3. The highest BCUT2D eigenvalue weighted by Crippen LogP contribution is 2.13. The van der Waals surface area contributed by atoms with E-state index in [-0.39, 0.29) is 31.1 Å². The van der Waals surface area contributed by atoms with E-state index < -0.39 is 6.10 Å². The number of ether oxygens (including phenoxy) is 3. The van der Waals surface area contributed by atoms with E-state index in [1.807, 2.05) is 0 Å². The van der Waals surface area contributed by atoms with Crippen LogP contribution in [0.5, 0.6) is 0 Å². The number of hydrogen-bond donors (Lipinski definition) is 0. The zero-order valence-electron chi connectivity index (χ0n) is 51.3. The standard InChI is InChI=1S/C74H116O6/c1-4-7-10-13-16-19-22-25-27-29-31-32-33-34-35-36-37-38-39-40-41-42-43-45-46-49-52-55-58-61-64-67-73(76)79-70-71(69-78-72(75)66-63-60-57-54-51-48-24-21-18-15-12-9-6-3)80-74(77)68-65-62-59-56-53-50-47-44-30-28-26-23-20-17-14-11-8-5-2/h7,9-10,12,16,18-21,23,25,27-28,30-32,34-35,37-38,40-41,43,45,48-49,51-52,71H,4-6,8,11,13-15,17,22,24,26,29,33,36,39,42,44,46-47,50,53-70H2,1-3H3/b10-7-,12-9-,19-16-,21-18-,23-20-,27-25-,30-28-,32-31-,35-34-,38-37-,41-40-,45-43-,51-48-,52-49-. The molecule has 0 fully saturated rings. The van der Waals surface area contributed by atoms with Crippen molar-refractivity contribution in [3.8, 4) is 0 Å². The Morgan fingerprint density at radius 2 is 0.487 bits per heavy atom. The Labute approximate surface area is 492 Å². The fourth-order valence-electron chi connectivity index (χ4n) is 8.18. The second-order valence-electron chi connectivity index (χ2n) is 20.5. The Bertz CT molecular complexity index is 1840. The first-order valence-electron chi connectivity index (χ1n) is 32.1. The number of hydrogen-bond acceptors (Lipinski definition) is 6. The summed E-state index contributed by atoms with van der Waals surface area (Å²) in [5, 5.41) is 0. The van der Waals surface area contributed by atoms with Gasteiger partial charge in [0.2, 0.25) is 0 Å². The topological polar surface area (TPSA) is 78.9 Å². The number of carbonyl (C=O) groups is 3. The lowest BCUT2D eigenvalue weighted by Crippen LogP contribution is -2.30. The molecule has 448 valence electrons. The Kier molecular flexibility index (Phi) is 61.9. The molecule has 1 atom stereocenters. The van der Waals surface area contributed by atoms with Crippen molar-refractivity contribution in [2.75, 3.05) is 13.2 Å². The Hall–Kier alpha value is -5.23. The maximum atomic E-state index is 12.9. The lowest BCUT2D eigenvalue weighted by atomic mass is 10.1. The van der Waals surface area contributed by atoms with Gasteiger partial charge in [-0.05, 0) is 154 Å². The predicted octanol–water partition coefficient (Wildman–Crippen LogP) is 22.3. The average Bonchev–Trinajstić information content (AvgIpc) is 3.46. The lowest BCUT2D eigenvalue weighted by Gasteiger charge is -2.18. The van der Waals surface area contributed by atoms with Gasteiger partial charge in [0.25, 0.3) is 0 Å². The summed E-state index contributed by atoms with van der Waals surface area (Å²) in [4.78, 5) is 38.3. The monoisotopic (exact) mass is 1100 g/mol. The van der Waals surface area contributed by atoms with E-state index in [0.717, 1.165) is 161 Å². The first kappa shape index (κ1) is 74.8. The molecule has 6 heteroatoms. The highest BCUT2D eigenvalue weighted by Gasteiger charge is 2.19. The van der Waals surface area contributed by atoms with E-state index >= 15 is 0 Å². The largest absolute Gasteiger partial charge is 0.462 e. The van der Waals surface area contributed by atoms with Crippen molar-refractivity contribution in [1.82, 2.24) is 0 Å². The summed E-state index contributed by atoms with van der Waals surface area (Å²) in [6, 6.07) is 0. The molecule has 0 aromatic heterocycles. The molecule has 0 saturated carbocycles. The fraction of sp³-hybridized carbons (Fsp3) is 0.581. The van der Waals surface area contributed by atoms with Crippen molar-refractivity contribution in [1.29, 1.82) is 0 Å². The van der Waals surface area contributed by atoms with E-state index in [4.69, 9.17) is 14.2 Å². The molecule has 0 rings (SSSR count). The molecular weight excluding hydrogens is 985 g/mol. The molecule has 0 aromatic rings. The molecule has 0 heterocycles. The molecule has 0 amide bonds. The van der Waals surface area contributed by atoms with Crippen LogP contribution in [0.15, 0.2) is 170 Å². The fourth-order valence-corrected chi connectivity index (χ4v) is 8.18. The van der Waals surface area contributed by atoms with E-state index in [2.05, 4.69) is 191 Å². The molecule has 0 spiro atoms. The van der Waals surface area contributed by atoms with Gasteiger partial charge in [-0.1, -0.05) is 255 Å². The molecule has 0 N–H and O–H groups in total. The first-order chi connectivity index (χ1) is 39.5. The van der Waals surface area contributed by atoms with Crippen LogP contribution in [0.4, 0.5) is 0 Å². The predicted molar refractivity (Wildman–Crippen MR) is 348 cm³/mol. The third-order valence-electron chi connectivity index (χ3n) is 12.9. The van der Waals surface area contributed by atoms with Gasteiger partial charge in [-0.2, -0.15) is 0 Å². The van der Waals surface area contributed by atoms with Crippen LogP contribution in [0.2, 0.25) is 0 Å². The zero-order valence-corrected chi connectivity index (χ0v) is 51.3. The van der Waals surface area contributed by atoms with Crippen LogP contribution >= 0.6 is 0 Å². The van der Waals surface area contributed by atoms with Gasteiger partial charge in [-0.25, -0.2) is 0 Å². The SMILES string of the molecule is CC/C=C\C/C=C\C/C=C\C/C=C\C/C=C\C/C=C\C/C=C\C/C=C\C/C=C\CCCCCC(=O)OCC(COC(=O)CCCCC/C=C\C/C=C\C/C=C\CC)OC(=O)CCCCCCCCC/C=C\C/C=C\CCCCCC. The normalized spacial score (nSPS) is 13.3. The van der Waals surface area contributed by atoms with E-state index in [1.54, 1.807) is 0 Å². The number of allylic oxidation sites excluding steroid dienone is 28. The van der Waals surface area contributed by atoms with Crippen molar-refractivity contribution >= 4 is 17.9 Å². The van der Waals surface area contributed by atoms with Crippen molar-refractivity contribution in [2.24, 2.45) is 0 Å². The maximum absolute atomic E-state index is 12.9. The first-order valence-corrected chi connectivity index (χ1v) is 32.1. The number of carbonyl (C=O) groups excluding carboxylic acids is 3. The lowest BCUT2D eigenvalue weighted by molar-refractivity contribution is -0.167. The molecule has 0 saturated heterocycles. The van der Waals surface area contributed by atoms with E-state index in [0.29, 0.717) is 19.3 Å². The van der Waals surface area contributed by atoms with Crippen molar-refractivity contribution in [2.45, 2.75) is 264 Å². The minimum atomic E-state index is -0.818. The molecule has 0 radical (unpaired) electrons. The second-order valence-corrected chi connectivity index (χ2v) is 20.5. The summed E-state index contributed by atoms with van der Waals surface area (Å²) >= 11 is 0. The van der Waals surface area contributed by atoms with Crippen LogP contribution in [-0.2, 0) is 28.6 Å². The van der Waals surface area contributed by atoms with Crippen LogP contribution in [0.1, 0.15) is 258 Å². The molecule has 80 heavy (non-hydrogen) atoms. The molecule has 0 bridgehead atoms. The van der Waals surface area contributed by atoms with E-state index in [1.165, 1.54) is 57.8 Å². The van der Waals surface area contributed by atoms with Crippen molar-refractivity contribution in [3.63, 3.8) is 0 Å². The van der Waals surface area contributed by atoms with Crippen LogP contribution in [0, 0.1) is 0 Å². The maximum Gasteiger partial charge on any atom is 0.306 e. The summed E-state index contributed by atoms with van der Waals surface area (Å²) < 4.78 is 16.8. The van der Waals surface area contributed by atoms with Crippen LogP contribution in [0.25, 0.3) is 0 Å². The second kappa shape index (κ2) is 66.3. The van der Waals surface area contributed by atoms with Gasteiger partial charge in [0.15, 0.2) is 6.10 Å². The van der Waals surface area contributed by atoms with Gasteiger partial charge in [0.05, 0.1) is 0 Å². The van der Waals surface area contributed by atoms with Gasteiger partial charge in [0, 0.05) is 19.3 Å². The molecule has 0 aliphatic rings. The number of unbranched alkanes of at least 4 members (excludes halogenated alkanes) is 17. The summed E-state index contributed by atoms with van der Waals surface area (Å²) in [5.41, 5.74) is 0. The van der Waals surface area contributed by atoms with Gasteiger partial charge in [-0.15, -0.1) is 0 Å². The highest BCUT2D eigenvalue weighted by molar-refractivity contribution is 5.71. The van der Waals surface area contributed by atoms with Crippen molar-refractivity contribution < 1.29 is 28.6 Å². The van der Waals surface area contributed by atoms with Gasteiger partial charge < -0.3 is 14.2 Å². The molecule has 1 unspecified atom stereocenters. The molecule has 0 aliphatic heterocycles. The third kappa shape index (κ3) is 63.6. The Morgan fingerprint density at radius 1 is 0.263 bits per heavy atom. The summed E-state index contributed by atoms with van der Waals surface area (Å²) in [5.74, 6) is -0.988. The van der Waals surface area contributed by atoms with Crippen molar-refractivity contribution in [3.05, 3.63) is 170 Å². The minimum absolute atomic E-state index is 0.114. The quantitative estimate of drug-likeness (QED) is 0.0261. The average molecular weight is 1100 g/mol. The highest BCUT2D eigenvalue weighted by atomic mass is 16.6. The minimum Gasteiger partial charge on any atom is -0.462 e. The Morgan fingerprint density at radius 3 is 0.775 bits per heavy atom. The zero-order chi connectivity index (χ0) is 57.8. The third-order valence-corrected chi connectivity index (χ3v) is 12.9. The van der Waals surface area contributed by atoms with Crippen LogP contribution in [0.3, 0.4) is 0 Å². The van der Waals surface area contributed by atoms with Gasteiger partial charge >= 0.3 is 17.9 Å².